The summed E-state index contributed by atoms with van der Waals surface area (Å²) in [4.78, 5) is 18.5. The summed E-state index contributed by atoms with van der Waals surface area (Å²) in [5.41, 5.74) is 1.51. The molecule has 6 heteroatoms. The normalized spacial score (nSPS) is 10.8. The number of benzene rings is 1. The van der Waals surface area contributed by atoms with Crippen LogP contribution in [0.5, 0.6) is 0 Å². The Bertz CT molecular complexity index is 636. The smallest absolute Gasteiger partial charge is 0.258 e. The summed E-state index contributed by atoms with van der Waals surface area (Å²) in [5, 5.41) is 11.0. The van der Waals surface area contributed by atoms with Crippen LogP contribution >= 0.6 is 11.6 Å². The van der Waals surface area contributed by atoms with E-state index in [1.165, 1.54) is 12.1 Å². The van der Waals surface area contributed by atoms with Crippen LogP contribution in [0, 0.1) is 17.0 Å². The van der Waals surface area contributed by atoms with Gasteiger partial charge in [0.1, 0.15) is 5.15 Å². The SMILES string of the molecule is Cc1cc(Cl)nc(/C=C/c2cccc([N+](=O)[O-])c2)n1. The van der Waals surface area contributed by atoms with Crippen LogP contribution in [0.1, 0.15) is 17.1 Å². The van der Waals surface area contributed by atoms with Crippen LogP contribution in [0.3, 0.4) is 0 Å². The molecule has 0 unspecified atom stereocenters. The van der Waals surface area contributed by atoms with Crippen molar-refractivity contribution < 1.29 is 4.92 Å². The second kappa shape index (κ2) is 5.58. The van der Waals surface area contributed by atoms with Crippen LogP contribution < -0.4 is 0 Å². The van der Waals surface area contributed by atoms with E-state index in [1.54, 1.807) is 30.4 Å². The Kier molecular flexibility index (Phi) is 3.87. The minimum Gasteiger partial charge on any atom is -0.258 e. The first-order chi connectivity index (χ1) is 9.04. The van der Waals surface area contributed by atoms with Gasteiger partial charge in [-0.1, -0.05) is 29.8 Å². The zero-order chi connectivity index (χ0) is 13.8. The lowest BCUT2D eigenvalue weighted by Gasteiger charge is -1.97. The van der Waals surface area contributed by atoms with E-state index in [0.717, 1.165) is 5.69 Å². The molecule has 1 aromatic carbocycles. The van der Waals surface area contributed by atoms with E-state index < -0.39 is 4.92 Å². The number of hydrogen-bond donors (Lipinski definition) is 0. The third-order valence-electron chi connectivity index (χ3n) is 2.35. The van der Waals surface area contributed by atoms with Gasteiger partial charge in [0.15, 0.2) is 5.82 Å². The number of halogens is 1. The first kappa shape index (κ1) is 13.2. The molecule has 1 aromatic heterocycles. The average molecular weight is 276 g/mol. The minimum absolute atomic E-state index is 0.0466. The van der Waals surface area contributed by atoms with Crippen molar-refractivity contribution in [2.75, 3.05) is 0 Å². The molecule has 0 aliphatic rings. The fraction of sp³-hybridized carbons (Fsp3) is 0.0769. The Morgan fingerprint density at radius 3 is 2.74 bits per heavy atom. The first-order valence-electron chi connectivity index (χ1n) is 5.48. The number of hydrogen-bond acceptors (Lipinski definition) is 4. The Hall–Kier alpha value is -2.27. The second-order valence-electron chi connectivity index (χ2n) is 3.88. The largest absolute Gasteiger partial charge is 0.270 e. The van der Waals surface area contributed by atoms with E-state index in [0.29, 0.717) is 16.5 Å². The van der Waals surface area contributed by atoms with Gasteiger partial charge in [0.25, 0.3) is 5.69 Å². The Labute approximate surface area is 114 Å². The summed E-state index contributed by atoms with van der Waals surface area (Å²) >= 11 is 5.82. The number of nitro groups is 1. The highest BCUT2D eigenvalue weighted by atomic mass is 35.5. The molecular weight excluding hydrogens is 266 g/mol. The molecule has 0 fully saturated rings. The molecule has 0 N–H and O–H groups in total. The summed E-state index contributed by atoms with van der Waals surface area (Å²) < 4.78 is 0. The summed E-state index contributed by atoms with van der Waals surface area (Å²) in [5.74, 6) is 0.469. The summed E-state index contributed by atoms with van der Waals surface area (Å²) in [6, 6.07) is 7.97. The minimum atomic E-state index is -0.433. The maximum Gasteiger partial charge on any atom is 0.270 e. The van der Waals surface area contributed by atoms with Crippen molar-refractivity contribution in [2.45, 2.75) is 6.92 Å². The number of nitrogens with zero attached hydrogens (tertiary/aromatic N) is 3. The van der Waals surface area contributed by atoms with E-state index in [2.05, 4.69) is 9.97 Å². The van der Waals surface area contributed by atoms with Crippen LogP contribution in [-0.4, -0.2) is 14.9 Å². The van der Waals surface area contributed by atoms with Gasteiger partial charge in [-0.05, 0) is 24.6 Å². The third kappa shape index (κ3) is 3.59. The molecule has 0 spiro atoms. The molecule has 2 rings (SSSR count). The predicted molar refractivity (Wildman–Crippen MR) is 73.8 cm³/mol. The van der Waals surface area contributed by atoms with Gasteiger partial charge in [-0.25, -0.2) is 9.97 Å². The van der Waals surface area contributed by atoms with Crippen LogP contribution in [-0.2, 0) is 0 Å². The molecule has 5 nitrogen and oxygen atoms in total. The lowest BCUT2D eigenvalue weighted by atomic mass is 10.2. The van der Waals surface area contributed by atoms with Crippen molar-refractivity contribution >= 4 is 29.4 Å². The molecule has 1 heterocycles. The molecule has 0 saturated carbocycles. The fourth-order valence-corrected chi connectivity index (χ4v) is 1.78. The number of aromatic nitrogens is 2. The molecule has 0 bridgehead atoms. The molecule has 0 radical (unpaired) electrons. The number of aryl methyl sites for hydroxylation is 1. The molecular formula is C13H10ClN3O2. The van der Waals surface area contributed by atoms with Crippen LogP contribution in [0.15, 0.2) is 30.3 Å². The van der Waals surface area contributed by atoms with Crippen LogP contribution in [0.2, 0.25) is 5.15 Å². The summed E-state index contributed by atoms with van der Waals surface area (Å²) in [7, 11) is 0. The van der Waals surface area contributed by atoms with Gasteiger partial charge in [-0.15, -0.1) is 0 Å². The van der Waals surface area contributed by atoms with Gasteiger partial charge in [0, 0.05) is 17.8 Å². The van der Waals surface area contributed by atoms with E-state index in [9.17, 15) is 10.1 Å². The Morgan fingerprint density at radius 2 is 2.05 bits per heavy atom. The van der Waals surface area contributed by atoms with Gasteiger partial charge in [-0.2, -0.15) is 0 Å². The first-order valence-corrected chi connectivity index (χ1v) is 5.86. The molecule has 0 atom stereocenters. The average Bonchev–Trinajstić information content (AvgIpc) is 2.35. The van der Waals surface area contributed by atoms with Gasteiger partial charge < -0.3 is 0 Å². The zero-order valence-corrected chi connectivity index (χ0v) is 10.8. The van der Waals surface area contributed by atoms with E-state index in [-0.39, 0.29) is 5.69 Å². The molecule has 19 heavy (non-hydrogen) atoms. The lowest BCUT2D eigenvalue weighted by Crippen LogP contribution is -1.91. The van der Waals surface area contributed by atoms with E-state index in [4.69, 9.17) is 11.6 Å². The topological polar surface area (TPSA) is 68.9 Å². The highest BCUT2D eigenvalue weighted by molar-refractivity contribution is 6.29. The van der Waals surface area contributed by atoms with Crippen molar-refractivity contribution in [2.24, 2.45) is 0 Å². The summed E-state index contributed by atoms with van der Waals surface area (Å²) in [6.07, 6.45) is 3.37. The molecule has 96 valence electrons. The maximum atomic E-state index is 10.7. The monoisotopic (exact) mass is 275 g/mol. The highest BCUT2D eigenvalue weighted by Crippen LogP contribution is 2.15. The number of non-ortho nitro benzene ring substituents is 1. The van der Waals surface area contributed by atoms with Crippen molar-refractivity contribution in [3.8, 4) is 0 Å². The highest BCUT2D eigenvalue weighted by Gasteiger charge is 2.03. The third-order valence-corrected chi connectivity index (χ3v) is 2.54. The van der Waals surface area contributed by atoms with Crippen molar-refractivity contribution in [3.05, 3.63) is 62.7 Å². The Morgan fingerprint density at radius 1 is 1.26 bits per heavy atom. The van der Waals surface area contributed by atoms with E-state index in [1.807, 2.05) is 6.92 Å². The Balaban J connectivity index is 2.27. The van der Waals surface area contributed by atoms with Crippen molar-refractivity contribution in [3.63, 3.8) is 0 Å². The number of nitro benzene ring substituents is 1. The molecule has 0 aliphatic carbocycles. The zero-order valence-electron chi connectivity index (χ0n) is 10.1. The van der Waals surface area contributed by atoms with Gasteiger partial charge in [0.05, 0.1) is 4.92 Å². The van der Waals surface area contributed by atoms with Crippen molar-refractivity contribution in [1.82, 2.24) is 9.97 Å². The maximum absolute atomic E-state index is 10.7. The lowest BCUT2D eigenvalue weighted by molar-refractivity contribution is -0.384. The quantitative estimate of drug-likeness (QED) is 0.488. The fourth-order valence-electron chi connectivity index (χ4n) is 1.54. The van der Waals surface area contributed by atoms with E-state index >= 15 is 0 Å². The van der Waals surface area contributed by atoms with Crippen LogP contribution in [0.25, 0.3) is 12.2 Å². The molecule has 0 saturated heterocycles. The van der Waals surface area contributed by atoms with Crippen LogP contribution in [0.4, 0.5) is 5.69 Å². The molecule has 2 aromatic rings. The second-order valence-corrected chi connectivity index (χ2v) is 4.26. The van der Waals surface area contributed by atoms with Crippen molar-refractivity contribution in [1.29, 1.82) is 0 Å². The summed E-state index contributed by atoms with van der Waals surface area (Å²) in [6.45, 7) is 1.82. The van der Waals surface area contributed by atoms with Gasteiger partial charge in [-0.3, -0.25) is 10.1 Å². The molecule has 0 amide bonds. The molecule has 0 aliphatic heterocycles. The van der Waals surface area contributed by atoms with Gasteiger partial charge in [0.2, 0.25) is 0 Å². The number of rotatable bonds is 3. The predicted octanol–water partition coefficient (Wildman–Crippen LogP) is 3.52. The standard InChI is InChI=1S/C13H10ClN3O2/c1-9-7-12(14)16-13(15-9)6-5-10-3-2-4-11(8-10)17(18)19/h2-8H,1H3/b6-5+. The van der Waals surface area contributed by atoms with Gasteiger partial charge >= 0.3 is 0 Å².